The molecular formula is C30H45N3O3. The highest BCUT2D eigenvalue weighted by atomic mass is 16.5. The van der Waals surface area contributed by atoms with Crippen LogP contribution in [0, 0.1) is 0 Å². The lowest BCUT2D eigenvalue weighted by atomic mass is 10.0. The topological polar surface area (TPSA) is 61.9 Å². The van der Waals surface area contributed by atoms with Crippen LogP contribution in [0.4, 0.5) is 0 Å². The van der Waals surface area contributed by atoms with Crippen LogP contribution in [-0.2, 0) is 0 Å². The maximum Gasteiger partial charge on any atom is 0.253 e. The van der Waals surface area contributed by atoms with Gasteiger partial charge in [-0.25, -0.2) is 0 Å². The third-order valence-corrected chi connectivity index (χ3v) is 6.29. The summed E-state index contributed by atoms with van der Waals surface area (Å²) < 4.78 is 5.92. The van der Waals surface area contributed by atoms with E-state index in [-0.39, 0.29) is 17.8 Å². The second-order valence-corrected chi connectivity index (χ2v) is 9.08. The van der Waals surface area contributed by atoms with Crippen LogP contribution in [0.15, 0.2) is 54.6 Å². The highest BCUT2D eigenvalue weighted by Crippen LogP contribution is 2.21. The molecule has 2 heterocycles. The number of carbonyl (C=O) groups excluding carboxylic acids is 2. The lowest BCUT2D eigenvalue weighted by Gasteiger charge is -2.45. The van der Waals surface area contributed by atoms with Crippen LogP contribution in [0.2, 0.25) is 0 Å². The van der Waals surface area contributed by atoms with E-state index in [1.807, 2.05) is 73.3 Å². The van der Waals surface area contributed by atoms with Crippen LogP contribution in [0.25, 0.3) is 0 Å². The van der Waals surface area contributed by atoms with Gasteiger partial charge in [0.15, 0.2) is 5.78 Å². The molecule has 0 saturated carbocycles. The zero-order valence-corrected chi connectivity index (χ0v) is 22.8. The van der Waals surface area contributed by atoms with Crippen molar-refractivity contribution < 1.29 is 14.3 Å². The van der Waals surface area contributed by atoms with Gasteiger partial charge in [0.1, 0.15) is 11.9 Å². The molecule has 36 heavy (non-hydrogen) atoms. The number of Topliss-reactive ketones (excluding diaryl/α,β-unsaturated/α-hetero) is 1. The predicted molar refractivity (Wildman–Crippen MR) is 148 cm³/mol. The van der Waals surface area contributed by atoms with Crippen LogP contribution in [-0.4, -0.2) is 72.9 Å². The van der Waals surface area contributed by atoms with E-state index in [9.17, 15) is 9.59 Å². The molecule has 0 aromatic heterocycles. The van der Waals surface area contributed by atoms with Gasteiger partial charge in [-0.05, 0) is 70.1 Å². The van der Waals surface area contributed by atoms with E-state index >= 15 is 0 Å². The minimum Gasteiger partial charge on any atom is -0.489 e. The van der Waals surface area contributed by atoms with Gasteiger partial charge in [-0.3, -0.25) is 14.5 Å². The molecule has 1 atom stereocenters. The van der Waals surface area contributed by atoms with Crippen LogP contribution in [0.5, 0.6) is 5.75 Å². The van der Waals surface area contributed by atoms with E-state index < -0.39 is 0 Å². The highest BCUT2D eigenvalue weighted by Gasteiger charge is 2.34. The van der Waals surface area contributed by atoms with Gasteiger partial charge in [-0.1, -0.05) is 58.0 Å². The molecule has 4 rings (SSSR count). The monoisotopic (exact) mass is 495 g/mol. The summed E-state index contributed by atoms with van der Waals surface area (Å²) in [4.78, 5) is 27.8. The Morgan fingerprint density at radius 1 is 0.944 bits per heavy atom. The molecule has 0 radical (unpaired) electrons. The number of nitrogens with zero attached hydrogens (tertiary/aromatic N) is 2. The fourth-order valence-corrected chi connectivity index (χ4v) is 4.36. The van der Waals surface area contributed by atoms with Crippen molar-refractivity contribution in [2.24, 2.45) is 0 Å². The number of amides is 1. The number of nitrogens with one attached hydrogen (secondary N) is 1. The van der Waals surface area contributed by atoms with Crippen molar-refractivity contribution in [3.05, 3.63) is 65.7 Å². The summed E-state index contributed by atoms with van der Waals surface area (Å²) in [5.41, 5.74) is 1.53. The van der Waals surface area contributed by atoms with Gasteiger partial charge in [-0.15, -0.1) is 0 Å². The van der Waals surface area contributed by atoms with Gasteiger partial charge in [0.05, 0.1) is 0 Å². The maximum atomic E-state index is 12.6. The molecule has 1 amide bonds. The summed E-state index contributed by atoms with van der Waals surface area (Å²) >= 11 is 0. The average molecular weight is 496 g/mol. The molecule has 0 spiro atoms. The molecule has 2 aromatic rings. The molecule has 6 nitrogen and oxygen atoms in total. The largest absolute Gasteiger partial charge is 0.489 e. The number of ether oxygens (including phenoxy) is 1. The Morgan fingerprint density at radius 2 is 1.56 bits per heavy atom. The van der Waals surface area contributed by atoms with Crippen LogP contribution in [0.3, 0.4) is 0 Å². The Morgan fingerprint density at radius 3 is 2.03 bits per heavy atom. The molecule has 2 saturated heterocycles. The van der Waals surface area contributed by atoms with Crippen LogP contribution in [0.1, 0.15) is 74.6 Å². The summed E-state index contributed by atoms with van der Waals surface area (Å²) in [6.45, 7) is 15.9. The van der Waals surface area contributed by atoms with Crippen molar-refractivity contribution >= 4 is 11.7 Å². The van der Waals surface area contributed by atoms with Gasteiger partial charge in [-0.2, -0.15) is 0 Å². The zero-order chi connectivity index (χ0) is 26.3. The summed E-state index contributed by atoms with van der Waals surface area (Å²) in [5, 5.41) is 3.29. The minimum absolute atomic E-state index is 0.121. The quantitative estimate of drug-likeness (QED) is 0.479. The number of benzene rings is 2. The third kappa shape index (κ3) is 9.07. The highest BCUT2D eigenvalue weighted by molar-refractivity contribution is 5.95. The van der Waals surface area contributed by atoms with E-state index in [1.165, 1.54) is 12.8 Å². The molecule has 2 aliphatic rings. The summed E-state index contributed by atoms with van der Waals surface area (Å²) in [7, 11) is 0. The molecule has 6 heteroatoms. The summed E-state index contributed by atoms with van der Waals surface area (Å²) in [6, 6.07) is 17.4. The first-order chi connectivity index (χ1) is 17.5. The molecule has 0 bridgehead atoms. The van der Waals surface area contributed by atoms with Crippen molar-refractivity contribution in [2.45, 2.75) is 66.0 Å². The molecule has 0 aliphatic carbocycles. The number of carbonyl (C=O) groups is 2. The number of hydrogen-bond donors (Lipinski definition) is 1. The van der Waals surface area contributed by atoms with Crippen molar-refractivity contribution in [2.75, 3.05) is 39.3 Å². The van der Waals surface area contributed by atoms with E-state index in [4.69, 9.17) is 4.74 Å². The Balaban J connectivity index is 0.000000347. The van der Waals surface area contributed by atoms with Crippen LogP contribution < -0.4 is 10.1 Å². The van der Waals surface area contributed by atoms with E-state index in [0.717, 1.165) is 62.6 Å². The number of ketones is 1. The molecule has 2 fully saturated rings. The first-order valence-electron chi connectivity index (χ1n) is 13.6. The van der Waals surface area contributed by atoms with Crippen LogP contribution >= 0.6 is 0 Å². The average Bonchev–Trinajstić information content (AvgIpc) is 3.39. The van der Waals surface area contributed by atoms with Crippen molar-refractivity contribution in [3.8, 4) is 5.75 Å². The summed E-state index contributed by atoms with van der Waals surface area (Å²) in [6.07, 6.45) is 3.63. The minimum atomic E-state index is 0.121. The predicted octanol–water partition coefficient (Wildman–Crippen LogP) is 5.29. The lowest BCUT2D eigenvalue weighted by molar-refractivity contribution is 0.0263. The molecule has 2 aliphatic heterocycles. The van der Waals surface area contributed by atoms with Crippen molar-refractivity contribution in [1.82, 2.24) is 15.1 Å². The van der Waals surface area contributed by atoms with Crippen molar-refractivity contribution in [3.63, 3.8) is 0 Å². The normalized spacial score (nSPS) is 16.8. The standard InChI is InChI=1S/C20H31N3O2.C8H8O.C2H6/c1-3-11-22(12-4-2)17-14-23(15-17)20(24)16-5-7-18(8-6-16)25-19-9-10-21-13-19;1-7(9)8-5-3-2-4-6-8;1-2/h5-8,17,19,21H,3-4,9-15H2,1-2H3;2-6H,1H3;1-2H3. The van der Waals surface area contributed by atoms with Gasteiger partial charge in [0.25, 0.3) is 5.91 Å². The number of hydrogen-bond acceptors (Lipinski definition) is 5. The van der Waals surface area contributed by atoms with Gasteiger partial charge >= 0.3 is 0 Å². The first-order valence-corrected chi connectivity index (χ1v) is 13.6. The van der Waals surface area contributed by atoms with Gasteiger partial charge in [0, 0.05) is 36.8 Å². The Kier molecular flexibility index (Phi) is 13.2. The second kappa shape index (κ2) is 16.1. The van der Waals surface area contributed by atoms with E-state index in [1.54, 1.807) is 6.92 Å². The number of rotatable bonds is 9. The van der Waals surface area contributed by atoms with Crippen molar-refractivity contribution in [1.29, 1.82) is 0 Å². The Labute approximate surface area is 218 Å². The fourth-order valence-electron chi connectivity index (χ4n) is 4.36. The summed E-state index contributed by atoms with van der Waals surface area (Å²) in [5.74, 6) is 1.11. The maximum absolute atomic E-state index is 12.6. The fraction of sp³-hybridized carbons (Fsp3) is 0.533. The van der Waals surface area contributed by atoms with E-state index in [2.05, 4.69) is 24.1 Å². The SMILES string of the molecule is CC.CC(=O)c1ccccc1.CCCN(CCC)C1CN(C(=O)c2ccc(OC3CCNC3)cc2)C1. The molecular weight excluding hydrogens is 450 g/mol. The molecule has 1 N–H and O–H groups in total. The number of likely N-dealkylation sites (tertiary alicyclic amines) is 1. The first kappa shape index (κ1) is 29.5. The van der Waals surface area contributed by atoms with Gasteiger partial charge < -0.3 is 15.0 Å². The smallest absolute Gasteiger partial charge is 0.253 e. The second-order valence-electron chi connectivity index (χ2n) is 9.08. The Bertz CT molecular complexity index is 883. The molecule has 2 aromatic carbocycles. The molecule has 1 unspecified atom stereocenters. The zero-order valence-electron chi connectivity index (χ0n) is 22.8. The lowest BCUT2D eigenvalue weighted by Crippen LogP contribution is -2.61. The molecule has 198 valence electrons. The van der Waals surface area contributed by atoms with Gasteiger partial charge in [0.2, 0.25) is 0 Å². The van der Waals surface area contributed by atoms with E-state index in [0.29, 0.717) is 6.04 Å². The third-order valence-electron chi connectivity index (χ3n) is 6.29. The Hall–Kier alpha value is -2.70.